The second-order valence-corrected chi connectivity index (χ2v) is 3.02. The zero-order valence-corrected chi connectivity index (χ0v) is 8.87. The topological polar surface area (TPSA) is 29.0 Å². The molecule has 2 heterocycles. The summed E-state index contributed by atoms with van der Waals surface area (Å²) in [7, 11) is 0. The van der Waals surface area contributed by atoms with Crippen LogP contribution in [-0.2, 0) is 0 Å². The predicted octanol–water partition coefficient (Wildman–Crippen LogP) is 1.97. The van der Waals surface area contributed by atoms with E-state index in [1.54, 1.807) is 0 Å². The monoisotopic (exact) mass is 197 g/mol. The molecule has 0 bridgehead atoms. The maximum Gasteiger partial charge on any atom is 0.135 e. The van der Waals surface area contributed by atoms with E-state index in [0.717, 1.165) is 11.5 Å². The zero-order chi connectivity index (χ0) is 10.6. The molecule has 1 aromatic heterocycles. The number of anilines is 1. The first-order valence-electron chi connectivity index (χ1n) is 4.93. The van der Waals surface area contributed by atoms with Crippen LogP contribution in [0.5, 0.6) is 0 Å². The number of aromatic nitrogens is 2. The smallest absolute Gasteiger partial charge is 0.135 e. The van der Waals surface area contributed by atoms with E-state index in [0.29, 0.717) is 13.1 Å². The third kappa shape index (κ3) is 2.40. The fourth-order valence-electron chi connectivity index (χ4n) is 1.23. The van der Waals surface area contributed by atoms with Crippen LogP contribution in [0.15, 0.2) is 12.4 Å². The maximum absolute atomic E-state index is 12.5. The van der Waals surface area contributed by atoms with Crippen molar-refractivity contribution >= 4 is 5.82 Å². The Morgan fingerprint density at radius 3 is 2.50 bits per heavy atom. The molecule has 0 amide bonds. The predicted molar refractivity (Wildman–Crippen MR) is 55.2 cm³/mol. The Morgan fingerprint density at radius 1 is 1.36 bits per heavy atom. The Bertz CT molecular complexity index is 284. The number of rotatable bonds is 1. The van der Waals surface area contributed by atoms with Gasteiger partial charge in [0.05, 0.1) is 13.1 Å². The van der Waals surface area contributed by atoms with Gasteiger partial charge in [0.2, 0.25) is 0 Å². The van der Waals surface area contributed by atoms with Gasteiger partial charge >= 0.3 is 0 Å². The van der Waals surface area contributed by atoms with Gasteiger partial charge in [-0.25, -0.2) is 14.4 Å². The molecule has 2 rings (SSSR count). The lowest BCUT2D eigenvalue weighted by Crippen LogP contribution is -2.48. The lowest BCUT2D eigenvalue weighted by Gasteiger charge is -2.35. The van der Waals surface area contributed by atoms with Crippen LogP contribution >= 0.6 is 0 Å². The van der Waals surface area contributed by atoms with Crippen molar-refractivity contribution in [2.45, 2.75) is 26.9 Å². The average molecular weight is 197 g/mol. The molecule has 0 radical (unpaired) electrons. The van der Waals surface area contributed by atoms with Crippen molar-refractivity contribution in [1.29, 1.82) is 0 Å². The Hall–Kier alpha value is -1.19. The molecule has 14 heavy (non-hydrogen) atoms. The SMILES string of the molecule is CC.Cc1cc(N2CC(F)C2)ncn1. The summed E-state index contributed by atoms with van der Waals surface area (Å²) >= 11 is 0. The van der Waals surface area contributed by atoms with E-state index in [1.165, 1.54) is 6.33 Å². The van der Waals surface area contributed by atoms with Crippen molar-refractivity contribution in [1.82, 2.24) is 9.97 Å². The van der Waals surface area contributed by atoms with Gasteiger partial charge in [-0.1, -0.05) is 13.8 Å². The zero-order valence-electron chi connectivity index (χ0n) is 8.87. The number of aryl methyl sites for hydroxylation is 1. The van der Waals surface area contributed by atoms with E-state index < -0.39 is 6.17 Å². The third-order valence-electron chi connectivity index (χ3n) is 1.95. The number of hydrogen-bond donors (Lipinski definition) is 0. The molecule has 0 spiro atoms. The molecule has 0 aromatic carbocycles. The fourth-order valence-corrected chi connectivity index (χ4v) is 1.23. The normalized spacial score (nSPS) is 15.6. The van der Waals surface area contributed by atoms with Gasteiger partial charge in [0.25, 0.3) is 0 Å². The summed E-state index contributed by atoms with van der Waals surface area (Å²) in [6.45, 7) is 6.84. The summed E-state index contributed by atoms with van der Waals surface area (Å²) in [6.07, 6.45) is 0.830. The van der Waals surface area contributed by atoms with E-state index in [2.05, 4.69) is 9.97 Å². The summed E-state index contributed by atoms with van der Waals surface area (Å²) in [5.74, 6) is 0.830. The van der Waals surface area contributed by atoms with E-state index >= 15 is 0 Å². The van der Waals surface area contributed by atoms with Crippen LogP contribution < -0.4 is 4.90 Å². The first-order valence-corrected chi connectivity index (χ1v) is 4.93. The van der Waals surface area contributed by atoms with Gasteiger partial charge in [-0.2, -0.15) is 0 Å². The molecule has 0 saturated carbocycles. The van der Waals surface area contributed by atoms with Crippen LogP contribution in [0.25, 0.3) is 0 Å². The third-order valence-corrected chi connectivity index (χ3v) is 1.95. The van der Waals surface area contributed by atoms with Crippen LogP contribution in [0, 0.1) is 6.92 Å². The highest BCUT2D eigenvalue weighted by molar-refractivity contribution is 5.42. The average Bonchev–Trinajstić information content (AvgIpc) is 2.16. The highest BCUT2D eigenvalue weighted by Gasteiger charge is 2.26. The molecule has 4 heteroatoms. The van der Waals surface area contributed by atoms with Crippen molar-refractivity contribution < 1.29 is 4.39 Å². The molecule has 1 aliphatic rings. The van der Waals surface area contributed by atoms with Crippen molar-refractivity contribution in [3.05, 3.63) is 18.1 Å². The minimum absolute atomic E-state index is 0.469. The number of hydrogen-bond acceptors (Lipinski definition) is 3. The maximum atomic E-state index is 12.5. The van der Waals surface area contributed by atoms with Crippen molar-refractivity contribution in [3.8, 4) is 0 Å². The second-order valence-electron chi connectivity index (χ2n) is 3.02. The number of nitrogens with zero attached hydrogens (tertiary/aromatic N) is 3. The minimum Gasteiger partial charge on any atom is -0.351 e. The van der Waals surface area contributed by atoms with Crippen LogP contribution in [0.1, 0.15) is 19.5 Å². The van der Waals surface area contributed by atoms with E-state index in [1.807, 2.05) is 31.7 Å². The van der Waals surface area contributed by atoms with Gasteiger partial charge in [0.15, 0.2) is 0 Å². The summed E-state index contributed by atoms with van der Waals surface area (Å²) < 4.78 is 12.5. The van der Waals surface area contributed by atoms with Gasteiger partial charge in [0, 0.05) is 11.8 Å². The van der Waals surface area contributed by atoms with Crippen molar-refractivity contribution in [2.75, 3.05) is 18.0 Å². The standard InChI is InChI=1S/C8H10FN3.C2H6/c1-6-2-8(11-5-10-6)12-3-7(9)4-12;1-2/h2,5,7H,3-4H2,1H3;1-2H3. The Labute approximate surface area is 84.0 Å². The minimum atomic E-state index is -0.680. The van der Waals surface area contributed by atoms with E-state index in [4.69, 9.17) is 0 Å². The number of halogens is 1. The quantitative estimate of drug-likeness (QED) is 0.689. The molecule has 0 aliphatic carbocycles. The van der Waals surface area contributed by atoms with Crippen molar-refractivity contribution in [2.24, 2.45) is 0 Å². The molecule has 1 fully saturated rings. The summed E-state index contributed by atoms with van der Waals surface area (Å²) in [5, 5.41) is 0. The van der Waals surface area contributed by atoms with Crippen LogP contribution in [0.4, 0.5) is 10.2 Å². The Morgan fingerprint density at radius 2 is 2.00 bits per heavy atom. The van der Waals surface area contributed by atoms with Gasteiger partial charge in [-0.3, -0.25) is 0 Å². The summed E-state index contributed by atoms with van der Waals surface area (Å²) in [6, 6.07) is 1.87. The summed E-state index contributed by atoms with van der Waals surface area (Å²) in [4.78, 5) is 9.91. The first-order chi connectivity index (χ1) is 6.75. The molecule has 0 unspecified atom stereocenters. The first kappa shape index (κ1) is 10.9. The molecule has 78 valence electrons. The molecule has 1 aliphatic heterocycles. The molecule has 0 atom stereocenters. The molecular formula is C10H16FN3. The van der Waals surface area contributed by atoms with E-state index in [9.17, 15) is 4.39 Å². The fraction of sp³-hybridized carbons (Fsp3) is 0.600. The second kappa shape index (κ2) is 4.88. The molecule has 3 nitrogen and oxygen atoms in total. The molecule has 0 N–H and O–H groups in total. The Balaban J connectivity index is 0.000000461. The molecule has 1 aromatic rings. The highest BCUT2D eigenvalue weighted by Crippen LogP contribution is 2.19. The van der Waals surface area contributed by atoms with Gasteiger partial charge < -0.3 is 4.90 Å². The lowest BCUT2D eigenvalue weighted by atomic mass is 10.2. The van der Waals surface area contributed by atoms with E-state index in [-0.39, 0.29) is 0 Å². The molecular weight excluding hydrogens is 181 g/mol. The Kier molecular flexibility index (Phi) is 3.80. The lowest BCUT2D eigenvalue weighted by molar-refractivity contribution is 0.273. The van der Waals surface area contributed by atoms with Crippen LogP contribution in [0.2, 0.25) is 0 Å². The van der Waals surface area contributed by atoms with Crippen LogP contribution in [-0.4, -0.2) is 29.2 Å². The summed E-state index contributed by atoms with van der Waals surface area (Å²) in [5.41, 5.74) is 0.919. The van der Waals surface area contributed by atoms with Gasteiger partial charge in [-0.05, 0) is 6.92 Å². The van der Waals surface area contributed by atoms with Gasteiger partial charge in [-0.15, -0.1) is 0 Å². The van der Waals surface area contributed by atoms with Crippen molar-refractivity contribution in [3.63, 3.8) is 0 Å². The highest BCUT2D eigenvalue weighted by atomic mass is 19.1. The largest absolute Gasteiger partial charge is 0.351 e. The number of alkyl halides is 1. The van der Waals surface area contributed by atoms with Gasteiger partial charge in [0.1, 0.15) is 18.3 Å². The van der Waals surface area contributed by atoms with Crippen LogP contribution in [0.3, 0.4) is 0 Å². The molecule has 1 saturated heterocycles.